The van der Waals surface area contributed by atoms with Crippen molar-refractivity contribution in [3.8, 4) is 0 Å². The highest BCUT2D eigenvalue weighted by Crippen LogP contribution is 2.39. The highest BCUT2D eigenvalue weighted by molar-refractivity contribution is 5.29. The zero-order valence-electron chi connectivity index (χ0n) is 7.36. The van der Waals surface area contributed by atoms with E-state index in [-0.39, 0.29) is 6.42 Å². The third-order valence-electron chi connectivity index (χ3n) is 2.18. The maximum atomic E-state index is 12.3. The van der Waals surface area contributed by atoms with Crippen molar-refractivity contribution < 1.29 is 13.2 Å². The Hall–Kier alpha value is -0.990. The molecule has 1 unspecified atom stereocenters. The molecule has 0 nitrogen and oxygen atoms in total. The lowest BCUT2D eigenvalue weighted by Gasteiger charge is -2.26. The summed E-state index contributed by atoms with van der Waals surface area (Å²) in [5.41, 5.74) is -1.04. The van der Waals surface area contributed by atoms with Crippen LogP contribution in [-0.2, 0) is 0 Å². The minimum Gasteiger partial charge on any atom is -0.166 e. The lowest BCUT2D eigenvalue weighted by molar-refractivity contribution is -0.0958. The normalized spacial score (nSPS) is 28.5. The second-order valence-electron chi connectivity index (χ2n) is 3.44. The Morgan fingerprint density at radius 1 is 1.54 bits per heavy atom. The average Bonchev–Trinajstić information content (AvgIpc) is 2.03. The van der Waals surface area contributed by atoms with Crippen molar-refractivity contribution in [3.63, 3.8) is 0 Å². The number of hydrogen-bond acceptors (Lipinski definition) is 0. The molecule has 0 aromatic rings. The Balaban J connectivity index is 2.90. The standard InChI is InChI=1S/C10H11F3/c1-3-9(2)6-4-5-8(7-9)10(11,12)13/h3-6H,1,7H2,2H3. The van der Waals surface area contributed by atoms with Gasteiger partial charge in [0.25, 0.3) is 0 Å². The molecule has 0 bridgehead atoms. The fourth-order valence-electron chi connectivity index (χ4n) is 1.25. The van der Waals surface area contributed by atoms with E-state index in [0.29, 0.717) is 0 Å². The maximum Gasteiger partial charge on any atom is 0.412 e. The minimum atomic E-state index is -4.21. The Morgan fingerprint density at radius 3 is 2.62 bits per heavy atom. The summed E-state index contributed by atoms with van der Waals surface area (Å²) in [5.74, 6) is 0. The molecular formula is C10H11F3. The van der Waals surface area contributed by atoms with E-state index in [0.717, 1.165) is 6.08 Å². The summed E-state index contributed by atoms with van der Waals surface area (Å²) in [5, 5.41) is 0. The molecule has 0 aliphatic heterocycles. The largest absolute Gasteiger partial charge is 0.412 e. The van der Waals surface area contributed by atoms with Crippen molar-refractivity contribution in [2.75, 3.05) is 0 Å². The highest BCUT2D eigenvalue weighted by Gasteiger charge is 2.37. The van der Waals surface area contributed by atoms with Crippen LogP contribution in [0.15, 0.2) is 36.5 Å². The van der Waals surface area contributed by atoms with Crippen molar-refractivity contribution >= 4 is 0 Å². The monoisotopic (exact) mass is 188 g/mol. The molecule has 0 N–H and O–H groups in total. The molecule has 1 rings (SSSR count). The van der Waals surface area contributed by atoms with Gasteiger partial charge in [0.2, 0.25) is 0 Å². The number of alkyl halides is 3. The quantitative estimate of drug-likeness (QED) is 0.551. The van der Waals surface area contributed by atoms with Crippen molar-refractivity contribution in [2.24, 2.45) is 5.41 Å². The molecular weight excluding hydrogens is 177 g/mol. The summed E-state index contributed by atoms with van der Waals surface area (Å²) >= 11 is 0. The molecule has 1 aliphatic rings. The molecule has 0 aromatic heterocycles. The van der Waals surface area contributed by atoms with Crippen molar-refractivity contribution in [1.82, 2.24) is 0 Å². The summed E-state index contributed by atoms with van der Waals surface area (Å²) in [7, 11) is 0. The van der Waals surface area contributed by atoms with Crippen LogP contribution < -0.4 is 0 Å². The van der Waals surface area contributed by atoms with Gasteiger partial charge in [-0.25, -0.2) is 0 Å². The molecule has 1 aliphatic carbocycles. The number of hydrogen-bond donors (Lipinski definition) is 0. The van der Waals surface area contributed by atoms with E-state index in [9.17, 15) is 13.2 Å². The Labute approximate surface area is 75.4 Å². The van der Waals surface area contributed by atoms with E-state index in [2.05, 4.69) is 6.58 Å². The van der Waals surface area contributed by atoms with Crippen LogP contribution in [0.3, 0.4) is 0 Å². The smallest absolute Gasteiger partial charge is 0.166 e. The first kappa shape index (κ1) is 10.1. The summed E-state index contributed by atoms with van der Waals surface area (Å²) in [6.45, 7) is 5.26. The second kappa shape index (κ2) is 3.05. The molecule has 3 heteroatoms. The van der Waals surface area contributed by atoms with Gasteiger partial charge in [0.05, 0.1) is 0 Å². The van der Waals surface area contributed by atoms with Gasteiger partial charge in [-0.05, 0) is 6.42 Å². The highest BCUT2D eigenvalue weighted by atomic mass is 19.4. The third-order valence-corrected chi connectivity index (χ3v) is 2.18. The molecule has 0 saturated heterocycles. The summed E-state index contributed by atoms with van der Waals surface area (Å²) in [6.07, 6.45) is 1.60. The molecule has 13 heavy (non-hydrogen) atoms. The first-order valence-corrected chi connectivity index (χ1v) is 3.96. The molecule has 0 fully saturated rings. The van der Waals surface area contributed by atoms with Crippen LogP contribution in [0.25, 0.3) is 0 Å². The van der Waals surface area contributed by atoms with Crippen molar-refractivity contribution in [3.05, 3.63) is 36.5 Å². The van der Waals surface area contributed by atoms with Crippen LogP contribution in [0, 0.1) is 5.41 Å². The summed E-state index contributed by atoms with van der Waals surface area (Å²) in [4.78, 5) is 0. The third kappa shape index (κ3) is 2.23. The molecule has 1 atom stereocenters. The fraction of sp³-hybridized carbons (Fsp3) is 0.400. The van der Waals surface area contributed by atoms with Crippen LogP contribution >= 0.6 is 0 Å². The number of allylic oxidation sites excluding steroid dienone is 5. The second-order valence-corrected chi connectivity index (χ2v) is 3.44. The van der Waals surface area contributed by atoms with Gasteiger partial charge in [-0.1, -0.05) is 31.2 Å². The molecule has 72 valence electrons. The van der Waals surface area contributed by atoms with Crippen LogP contribution in [0.2, 0.25) is 0 Å². The molecule has 0 aromatic carbocycles. The van der Waals surface area contributed by atoms with E-state index >= 15 is 0 Å². The van der Waals surface area contributed by atoms with Crippen LogP contribution in [0.1, 0.15) is 13.3 Å². The van der Waals surface area contributed by atoms with Gasteiger partial charge in [-0.3, -0.25) is 0 Å². The van der Waals surface area contributed by atoms with Crippen molar-refractivity contribution in [1.29, 1.82) is 0 Å². The van der Waals surface area contributed by atoms with Gasteiger partial charge in [0.1, 0.15) is 0 Å². The fourth-order valence-corrected chi connectivity index (χ4v) is 1.25. The summed E-state index contributed by atoms with van der Waals surface area (Å²) in [6, 6.07) is 0. The van der Waals surface area contributed by atoms with Gasteiger partial charge >= 0.3 is 6.18 Å². The first-order valence-electron chi connectivity index (χ1n) is 3.96. The lowest BCUT2D eigenvalue weighted by Crippen LogP contribution is -2.21. The lowest BCUT2D eigenvalue weighted by atomic mass is 9.80. The molecule has 0 saturated carbocycles. The SMILES string of the molecule is C=CC1(C)C=CC=C(C(F)(F)F)C1. The topological polar surface area (TPSA) is 0 Å². The number of halogens is 3. The number of rotatable bonds is 1. The Bertz CT molecular complexity index is 270. The van der Waals surface area contributed by atoms with Gasteiger partial charge in [-0.15, -0.1) is 6.58 Å². The van der Waals surface area contributed by atoms with E-state index in [1.807, 2.05) is 0 Å². The van der Waals surface area contributed by atoms with E-state index < -0.39 is 17.2 Å². The minimum absolute atomic E-state index is 0.0174. The van der Waals surface area contributed by atoms with E-state index in [1.165, 1.54) is 6.08 Å². The van der Waals surface area contributed by atoms with Crippen molar-refractivity contribution in [2.45, 2.75) is 19.5 Å². The predicted octanol–water partition coefficient (Wildman–Crippen LogP) is 3.63. The molecule has 0 amide bonds. The van der Waals surface area contributed by atoms with E-state index in [4.69, 9.17) is 0 Å². The van der Waals surface area contributed by atoms with Crippen LogP contribution in [0.5, 0.6) is 0 Å². The van der Waals surface area contributed by atoms with Gasteiger partial charge in [0, 0.05) is 11.0 Å². The maximum absolute atomic E-state index is 12.3. The van der Waals surface area contributed by atoms with Gasteiger partial charge in [0.15, 0.2) is 0 Å². The Morgan fingerprint density at radius 2 is 2.15 bits per heavy atom. The zero-order valence-corrected chi connectivity index (χ0v) is 7.36. The Kier molecular flexibility index (Phi) is 2.37. The van der Waals surface area contributed by atoms with Gasteiger partial charge < -0.3 is 0 Å². The first-order chi connectivity index (χ1) is 5.87. The van der Waals surface area contributed by atoms with Gasteiger partial charge in [-0.2, -0.15) is 13.2 Å². The molecule has 0 heterocycles. The summed E-state index contributed by atoms with van der Waals surface area (Å²) < 4.78 is 36.9. The molecule has 0 radical (unpaired) electrons. The van der Waals surface area contributed by atoms with Crippen LogP contribution in [-0.4, -0.2) is 6.18 Å². The van der Waals surface area contributed by atoms with Crippen LogP contribution in [0.4, 0.5) is 13.2 Å². The van der Waals surface area contributed by atoms with E-state index in [1.54, 1.807) is 19.1 Å². The average molecular weight is 188 g/mol. The predicted molar refractivity (Wildman–Crippen MR) is 46.2 cm³/mol. The molecule has 0 spiro atoms. The zero-order chi connectivity index (χ0) is 10.1.